The van der Waals surface area contributed by atoms with Crippen molar-refractivity contribution in [2.45, 2.75) is 39.7 Å². The number of carbonyl (C=O) groups excluding carboxylic acids is 1. The zero-order valence-electron chi connectivity index (χ0n) is 11.4. The van der Waals surface area contributed by atoms with Gasteiger partial charge in [0.05, 0.1) is 5.56 Å². The van der Waals surface area contributed by atoms with Crippen molar-refractivity contribution in [1.29, 1.82) is 0 Å². The van der Waals surface area contributed by atoms with Crippen LogP contribution in [0.1, 0.15) is 48.6 Å². The second-order valence-electron chi connectivity index (χ2n) is 4.70. The van der Waals surface area contributed by atoms with E-state index in [0.717, 1.165) is 5.76 Å². The number of carboxylic acids is 1. The van der Waals surface area contributed by atoms with E-state index in [0.29, 0.717) is 11.3 Å². The molecular weight excluding hydrogens is 234 g/mol. The highest BCUT2D eigenvalue weighted by atomic mass is 16.4. The summed E-state index contributed by atoms with van der Waals surface area (Å²) in [7, 11) is 1.47. The molecule has 18 heavy (non-hydrogen) atoms. The predicted octanol–water partition coefficient (Wildman–Crippen LogP) is 2.26. The van der Waals surface area contributed by atoms with Gasteiger partial charge in [0.25, 0.3) is 5.91 Å². The highest BCUT2D eigenvalue weighted by molar-refractivity contribution is 5.97. The normalized spacial score (nSPS) is 12.6. The molecule has 0 saturated heterocycles. The van der Waals surface area contributed by atoms with E-state index in [4.69, 9.17) is 9.52 Å². The fourth-order valence-corrected chi connectivity index (χ4v) is 1.53. The van der Waals surface area contributed by atoms with Crippen molar-refractivity contribution in [2.75, 3.05) is 7.05 Å². The molecule has 0 radical (unpaired) electrons. The molecule has 0 aliphatic heterocycles. The monoisotopic (exact) mass is 253 g/mol. The fourth-order valence-electron chi connectivity index (χ4n) is 1.53. The van der Waals surface area contributed by atoms with Crippen LogP contribution < -0.4 is 0 Å². The molecule has 0 saturated carbocycles. The number of carbonyl (C=O) groups is 2. The summed E-state index contributed by atoms with van der Waals surface area (Å²) in [5.74, 6) is 0.0713. The molecule has 1 unspecified atom stereocenters. The van der Waals surface area contributed by atoms with Gasteiger partial charge in [-0.15, -0.1) is 0 Å². The van der Waals surface area contributed by atoms with E-state index in [-0.39, 0.29) is 11.8 Å². The van der Waals surface area contributed by atoms with E-state index in [1.165, 1.54) is 18.9 Å². The summed E-state index contributed by atoms with van der Waals surface area (Å²) in [5, 5.41) is 8.89. The van der Waals surface area contributed by atoms with E-state index in [2.05, 4.69) is 0 Å². The lowest BCUT2D eigenvalue weighted by molar-refractivity contribution is -0.141. The van der Waals surface area contributed by atoms with Gasteiger partial charge in [0.2, 0.25) is 0 Å². The highest BCUT2D eigenvalue weighted by Crippen LogP contribution is 2.23. The summed E-state index contributed by atoms with van der Waals surface area (Å²) in [5.41, 5.74) is 0.425. The van der Waals surface area contributed by atoms with Crippen LogP contribution in [0.5, 0.6) is 0 Å². The smallest absolute Gasteiger partial charge is 0.326 e. The Morgan fingerprint density at radius 3 is 2.28 bits per heavy atom. The average Bonchev–Trinajstić information content (AvgIpc) is 2.68. The number of hydrogen-bond acceptors (Lipinski definition) is 3. The van der Waals surface area contributed by atoms with E-state index < -0.39 is 12.0 Å². The Hall–Kier alpha value is -1.78. The van der Waals surface area contributed by atoms with Crippen LogP contribution in [0.3, 0.4) is 0 Å². The number of aryl methyl sites for hydroxylation is 1. The number of hydrogen-bond donors (Lipinski definition) is 1. The van der Waals surface area contributed by atoms with E-state index in [1.54, 1.807) is 13.0 Å². The van der Waals surface area contributed by atoms with Crippen LogP contribution in [-0.4, -0.2) is 35.0 Å². The molecule has 0 fully saturated rings. The van der Waals surface area contributed by atoms with Crippen molar-refractivity contribution in [3.8, 4) is 0 Å². The van der Waals surface area contributed by atoms with Gasteiger partial charge < -0.3 is 14.4 Å². The second-order valence-corrected chi connectivity index (χ2v) is 4.70. The molecule has 1 rings (SSSR count). The van der Waals surface area contributed by atoms with Crippen LogP contribution in [0.25, 0.3) is 0 Å². The third-order valence-corrected chi connectivity index (χ3v) is 2.99. The summed E-state index contributed by atoms with van der Waals surface area (Å²) in [6.45, 7) is 7.11. The lowest BCUT2D eigenvalue weighted by Crippen LogP contribution is -2.40. The van der Waals surface area contributed by atoms with Crippen LogP contribution in [0.4, 0.5) is 0 Å². The lowest BCUT2D eigenvalue weighted by Gasteiger charge is -2.20. The maximum absolute atomic E-state index is 12.1. The number of likely N-dealkylation sites (N-methyl/N-ethyl adjacent to an activating group) is 1. The van der Waals surface area contributed by atoms with Gasteiger partial charge >= 0.3 is 5.97 Å². The third-order valence-electron chi connectivity index (χ3n) is 2.99. The van der Waals surface area contributed by atoms with Gasteiger partial charge in [-0.2, -0.15) is 0 Å². The molecule has 1 heterocycles. The minimum Gasteiger partial charge on any atom is -0.480 e. The standard InChI is InChI=1S/C13H19NO4/c1-7(2)11-6-10(9(4)18-11)12(15)14(5)8(3)13(16)17/h6-8H,1-5H3,(H,16,17). The molecule has 1 N–H and O–H groups in total. The average molecular weight is 253 g/mol. The topological polar surface area (TPSA) is 70.8 Å². The highest BCUT2D eigenvalue weighted by Gasteiger charge is 2.26. The molecule has 0 bridgehead atoms. The first-order valence-corrected chi connectivity index (χ1v) is 5.86. The van der Waals surface area contributed by atoms with Crippen LogP contribution in [0, 0.1) is 6.92 Å². The molecule has 0 aromatic carbocycles. The van der Waals surface area contributed by atoms with Gasteiger partial charge in [0.15, 0.2) is 0 Å². The fraction of sp³-hybridized carbons (Fsp3) is 0.538. The van der Waals surface area contributed by atoms with Crippen LogP contribution >= 0.6 is 0 Å². The van der Waals surface area contributed by atoms with E-state index in [9.17, 15) is 9.59 Å². The van der Waals surface area contributed by atoms with Gasteiger partial charge in [-0.25, -0.2) is 4.79 Å². The third kappa shape index (κ3) is 2.72. The molecule has 0 spiro atoms. The minimum atomic E-state index is -1.03. The van der Waals surface area contributed by atoms with Crippen LogP contribution in [0.2, 0.25) is 0 Å². The quantitative estimate of drug-likeness (QED) is 0.893. The maximum Gasteiger partial charge on any atom is 0.326 e. The summed E-state index contributed by atoms with van der Waals surface area (Å²) in [6, 6.07) is 0.822. The van der Waals surface area contributed by atoms with Crippen molar-refractivity contribution in [1.82, 2.24) is 4.90 Å². The lowest BCUT2D eigenvalue weighted by atomic mass is 10.1. The number of aliphatic carboxylic acids is 1. The number of rotatable bonds is 4. The largest absolute Gasteiger partial charge is 0.480 e. The summed E-state index contributed by atoms with van der Waals surface area (Å²) < 4.78 is 5.49. The Balaban J connectivity index is 3.00. The molecule has 1 amide bonds. The van der Waals surface area contributed by atoms with Crippen molar-refractivity contribution >= 4 is 11.9 Å². The van der Waals surface area contributed by atoms with Gasteiger partial charge in [0, 0.05) is 13.0 Å². The molecule has 0 aliphatic carbocycles. The van der Waals surface area contributed by atoms with Gasteiger partial charge in [0.1, 0.15) is 17.6 Å². The van der Waals surface area contributed by atoms with Crippen molar-refractivity contribution in [3.63, 3.8) is 0 Å². The Kier molecular flexibility index (Phi) is 4.16. The summed E-state index contributed by atoms with van der Waals surface area (Å²) >= 11 is 0. The Morgan fingerprint density at radius 2 is 1.89 bits per heavy atom. The summed E-state index contributed by atoms with van der Waals surface area (Å²) in [4.78, 5) is 24.2. The molecule has 5 nitrogen and oxygen atoms in total. The molecule has 1 aromatic heterocycles. The van der Waals surface area contributed by atoms with Crippen LogP contribution in [-0.2, 0) is 4.79 Å². The molecule has 5 heteroatoms. The second kappa shape index (κ2) is 5.25. The van der Waals surface area contributed by atoms with Crippen molar-refractivity contribution in [3.05, 3.63) is 23.2 Å². The molecular formula is C13H19NO4. The Morgan fingerprint density at radius 1 is 1.33 bits per heavy atom. The van der Waals surface area contributed by atoms with Crippen molar-refractivity contribution in [2.24, 2.45) is 0 Å². The SMILES string of the molecule is Cc1oc(C(C)C)cc1C(=O)N(C)C(C)C(=O)O. The molecule has 100 valence electrons. The minimum absolute atomic E-state index is 0.187. The number of nitrogens with zero attached hydrogens (tertiary/aromatic N) is 1. The zero-order valence-corrected chi connectivity index (χ0v) is 11.4. The van der Waals surface area contributed by atoms with Crippen LogP contribution in [0.15, 0.2) is 10.5 Å². The summed E-state index contributed by atoms with van der Waals surface area (Å²) in [6.07, 6.45) is 0. The zero-order chi connectivity index (χ0) is 14.0. The number of carboxylic acid groups (broad SMARTS) is 1. The molecule has 1 aromatic rings. The number of furan rings is 1. The van der Waals surface area contributed by atoms with Gasteiger partial charge in [-0.3, -0.25) is 4.79 Å². The number of amides is 1. The first-order valence-electron chi connectivity index (χ1n) is 5.86. The van der Waals surface area contributed by atoms with Crippen molar-refractivity contribution < 1.29 is 19.1 Å². The molecule has 0 aliphatic rings. The molecule has 1 atom stereocenters. The Bertz CT molecular complexity index is 462. The first-order chi connectivity index (χ1) is 8.25. The Labute approximate surface area is 106 Å². The van der Waals surface area contributed by atoms with Gasteiger partial charge in [-0.1, -0.05) is 13.8 Å². The first kappa shape index (κ1) is 14.3. The van der Waals surface area contributed by atoms with E-state index >= 15 is 0 Å². The van der Waals surface area contributed by atoms with E-state index in [1.807, 2.05) is 13.8 Å². The predicted molar refractivity (Wildman–Crippen MR) is 66.7 cm³/mol. The van der Waals surface area contributed by atoms with Gasteiger partial charge in [-0.05, 0) is 19.9 Å². The maximum atomic E-state index is 12.1.